The van der Waals surface area contributed by atoms with Crippen molar-refractivity contribution in [3.05, 3.63) is 89.1 Å². The Morgan fingerprint density at radius 3 is 2.22 bits per heavy atom. The molecule has 2 nitrogen and oxygen atoms in total. The molecule has 0 N–H and O–H groups in total. The van der Waals surface area contributed by atoms with E-state index in [1.54, 1.807) is 0 Å². The molecule has 3 aromatic carbocycles. The minimum atomic E-state index is -0.0367. The first kappa shape index (κ1) is 23.0. The van der Waals surface area contributed by atoms with Crippen molar-refractivity contribution in [1.82, 2.24) is 4.98 Å². The average molecular weight is 474 g/mol. The maximum absolute atomic E-state index is 6.76. The smallest absolute Gasteiger partial charge is 0.145 e. The molecule has 6 rings (SSSR count). The molecule has 2 aromatic heterocycles. The molecule has 0 saturated heterocycles. The van der Waals surface area contributed by atoms with E-state index in [0.717, 1.165) is 27.8 Å². The van der Waals surface area contributed by atoms with Crippen molar-refractivity contribution in [3.63, 3.8) is 0 Å². The molecule has 0 saturated carbocycles. The van der Waals surface area contributed by atoms with Gasteiger partial charge in [-0.15, -0.1) is 0 Å². The molecular formula is C34H35NO. The highest BCUT2D eigenvalue weighted by Crippen LogP contribution is 2.57. The molecule has 182 valence electrons. The summed E-state index contributed by atoms with van der Waals surface area (Å²) >= 11 is 0. The highest BCUT2D eigenvalue weighted by Gasteiger charge is 2.48. The minimum absolute atomic E-state index is 0.0367. The second-order valence-electron chi connectivity index (χ2n) is 11.5. The van der Waals surface area contributed by atoms with E-state index in [1.807, 2.05) is 6.20 Å². The fourth-order valence-corrected chi connectivity index (χ4v) is 6.94. The number of benzene rings is 3. The molecule has 0 fully saturated rings. The largest absolute Gasteiger partial charge is 0.455 e. The molecule has 0 spiro atoms. The van der Waals surface area contributed by atoms with Gasteiger partial charge in [0.05, 0.1) is 5.69 Å². The molecule has 0 atom stereocenters. The molecule has 0 amide bonds. The molecular weight excluding hydrogens is 438 g/mol. The average Bonchev–Trinajstić information content (AvgIpc) is 3.35. The first-order chi connectivity index (χ1) is 17.2. The Hall–Kier alpha value is -3.39. The van der Waals surface area contributed by atoms with Crippen molar-refractivity contribution in [2.45, 2.75) is 59.8 Å². The first-order valence-electron chi connectivity index (χ1n) is 13.3. The highest BCUT2D eigenvalue weighted by molar-refractivity contribution is 6.12. The van der Waals surface area contributed by atoms with Crippen LogP contribution < -0.4 is 0 Å². The summed E-state index contributed by atoms with van der Waals surface area (Å²) in [4.78, 5) is 4.77. The summed E-state index contributed by atoms with van der Waals surface area (Å²) in [7, 11) is 0. The van der Waals surface area contributed by atoms with Crippen LogP contribution in [0.1, 0.15) is 69.7 Å². The summed E-state index contributed by atoms with van der Waals surface area (Å²) in [6.07, 6.45) is 1.93. The highest BCUT2D eigenvalue weighted by atomic mass is 16.3. The van der Waals surface area contributed by atoms with Crippen LogP contribution in [0.25, 0.3) is 44.3 Å². The van der Waals surface area contributed by atoms with Crippen LogP contribution >= 0.6 is 0 Å². The second kappa shape index (κ2) is 8.06. The topological polar surface area (TPSA) is 26.0 Å². The van der Waals surface area contributed by atoms with Crippen LogP contribution in [0, 0.1) is 18.8 Å². The second-order valence-corrected chi connectivity index (χ2v) is 11.5. The van der Waals surface area contributed by atoms with Gasteiger partial charge >= 0.3 is 0 Å². The zero-order chi connectivity index (χ0) is 25.4. The van der Waals surface area contributed by atoms with Crippen LogP contribution in [0.5, 0.6) is 0 Å². The lowest BCUT2D eigenvalue weighted by Gasteiger charge is -2.40. The van der Waals surface area contributed by atoms with E-state index in [2.05, 4.69) is 109 Å². The van der Waals surface area contributed by atoms with Crippen molar-refractivity contribution < 1.29 is 4.42 Å². The lowest BCUT2D eigenvalue weighted by Crippen LogP contribution is -2.37. The molecule has 1 aliphatic rings. The van der Waals surface area contributed by atoms with Gasteiger partial charge in [0.15, 0.2) is 0 Å². The summed E-state index contributed by atoms with van der Waals surface area (Å²) < 4.78 is 6.76. The number of fused-ring (bicyclic) bond motifs is 6. The van der Waals surface area contributed by atoms with Crippen molar-refractivity contribution in [2.75, 3.05) is 0 Å². The molecule has 1 aliphatic carbocycles. The third kappa shape index (κ3) is 3.00. The van der Waals surface area contributed by atoms with Crippen molar-refractivity contribution >= 4 is 21.9 Å². The van der Waals surface area contributed by atoms with Crippen LogP contribution in [0.15, 0.2) is 71.3 Å². The maximum atomic E-state index is 6.76. The SMILES string of the molecule is Cc1ccc2c(oc3cc4c(cc32)-c2ccccc2C4(C(C)C)C(C)C)c1-c1cc(C(C)C)ccn1. The molecule has 5 aromatic rings. The Labute approximate surface area is 214 Å². The summed E-state index contributed by atoms with van der Waals surface area (Å²) in [5.74, 6) is 1.37. The normalized spacial score (nSPS) is 14.4. The van der Waals surface area contributed by atoms with Gasteiger partial charge in [0.25, 0.3) is 0 Å². The number of hydrogen-bond acceptors (Lipinski definition) is 2. The van der Waals surface area contributed by atoms with Crippen LogP contribution in [-0.4, -0.2) is 4.98 Å². The summed E-state index contributed by atoms with van der Waals surface area (Å²) in [6.45, 7) is 16.1. The van der Waals surface area contributed by atoms with Gasteiger partial charge in [0.2, 0.25) is 0 Å². The van der Waals surface area contributed by atoms with Gasteiger partial charge in [-0.3, -0.25) is 4.98 Å². The first-order valence-corrected chi connectivity index (χ1v) is 13.3. The predicted octanol–water partition coefficient (Wildman–Crippen LogP) is 9.66. The quantitative estimate of drug-likeness (QED) is 0.260. The van der Waals surface area contributed by atoms with E-state index in [1.165, 1.54) is 38.8 Å². The van der Waals surface area contributed by atoms with Crippen LogP contribution in [-0.2, 0) is 5.41 Å². The van der Waals surface area contributed by atoms with E-state index in [-0.39, 0.29) is 5.41 Å². The predicted molar refractivity (Wildman–Crippen MR) is 152 cm³/mol. The molecule has 36 heavy (non-hydrogen) atoms. The minimum Gasteiger partial charge on any atom is -0.455 e. The van der Waals surface area contributed by atoms with E-state index in [9.17, 15) is 0 Å². The molecule has 0 bridgehead atoms. The van der Waals surface area contributed by atoms with Gasteiger partial charge in [0, 0.05) is 27.9 Å². The third-order valence-electron chi connectivity index (χ3n) is 8.62. The Morgan fingerprint density at radius 2 is 1.50 bits per heavy atom. The van der Waals surface area contributed by atoms with Gasteiger partial charge in [0.1, 0.15) is 11.2 Å². The zero-order valence-corrected chi connectivity index (χ0v) is 22.4. The van der Waals surface area contributed by atoms with Crippen molar-refractivity contribution in [2.24, 2.45) is 11.8 Å². The summed E-state index contributed by atoms with van der Waals surface area (Å²) in [5.41, 5.74) is 12.0. The molecule has 0 aliphatic heterocycles. The van der Waals surface area contributed by atoms with E-state index in [4.69, 9.17) is 9.40 Å². The monoisotopic (exact) mass is 473 g/mol. The number of nitrogens with zero attached hydrogens (tertiary/aromatic N) is 1. The van der Waals surface area contributed by atoms with Gasteiger partial charge < -0.3 is 4.42 Å². The number of aromatic nitrogens is 1. The summed E-state index contributed by atoms with van der Waals surface area (Å²) in [6, 6.07) is 22.5. The molecule has 0 radical (unpaired) electrons. The van der Waals surface area contributed by atoms with Crippen molar-refractivity contribution in [3.8, 4) is 22.4 Å². The molecule has 0 unspecified atom stereocenters. The van der Waals surface area contributed by atoms with Gasteiger partial charge in [-0.2, -0.15) is 0 Å². The number of furan rings is 1. The lowest BCUT2D eigenvalue weighted by molar-refractivity contribution is 0.280. The standard InChI is InChI=1S/C34H35NO/c1-19(2)23-14-15-35-30(16-23)32-22(7)12-13-25-27-17-26-24-10-8-9-11-28(24)34(20(3)4,21(5)6)29(26)18-31(27)36-33(25)32/h8-21H,1-7H3. The van der Waals surface area contributed by atoms with Crippen LogP contribution in [0.4, 0.5) is 0 Å². The number of aryl methyl sites for hydroxylation is 1. The van der Waals surface area contributed by atoms with Crippen LogP contribution in [0.2, 0.25) is 0 Å². The number of rotatable bonds is 4. The Balaban J connectivity index is 1.68. The Kier molecular flexibility index (Phi) is 5.16. The number of pyridine rings is 1. The lowest BCUT2D eigenvalue weighted by atomic mass is 9.63. The van der Waals surface area contributed by atoms with Gasteiger partial charge in [-0.05, 0) is 82.3 Å². The zero-order valence-electron chi connectivity index (χ0n) is 22.4. The number of hydrogen-bond donors (Lipinski definition) is 0. The van der Waals surface area contributed by atoms with E-state index in [0.29, 0.717) is 17.8 Å². The fraction of sp³-hybridized carbons (Fsp3) is 0.324. The molecule has 2 heterocycles. The van der Waals surface area contributed by atoms with E-state index < -0.39 is 0 Å². The Bertz CT molecular complexity index is 1620. The van der Waals surface area contributed by atoms with Crippen LogP contribution in [0.3, 0.4) is 0 Å². The van der Waals surface area contributed by atoms with Gasteiger partial charge in [-0.25, -0.2) is 0 Å². The van der Waals surface area contributed by atoms with Gasteiger partial charge in [-0.1, -0.05) is 77.9 Å². The summed E-state index contributed by atoms with van der Waals surface area (Å²) in [5, 5.41) is 2.34. The Morgan fingerprint density at radius 1 is 0.750 bits per heavy atom. The third-order valence-corrected chi connectivity index (χ3v) is 8.62. The maximum Gasteiger partial charge on any atom is 0.145 e. The fourth-order valence-electron chi connectivity index (χ4n) is 6.94. The van der Waals surface area contributed by atoms with Crippen molar-refractivity contribution in [1.29, 1.82) is 0 Å². The molecule has 2 heteroatoms. The van der Waals surface area contributed by atoms with E-state index >= 15 is 0 Å².